The monoisotopic (exact) mass is 463 g/mol. The van der Waals surface area contributed by atoms with Crippen LogP contribution in [0.5, 0.6) is 0 Å². The van der Waals surface area contributed by atoms with Crippen LogP contribution in [-0.2, 0) is 6.54 Å². The summed E-state index contributed by atoms with van der Waals surface area (Å²) in [4.78, 5) is 9.71. The fourth-order valence-corrected chi connectivity index (χ4v) is 5.61. The third-order valence-corrected chi connectivity index (χ3v) is 7.24. The van der Waals surface area contributed by atoms with Crippen LogP contribution in [-0.4, -0.2) is 5.96 Å². The van der Waals surface area contributed by atoms with Gasteiger partial charge in [-0.3, -0.25) is 4.90 Å². The van der Waals surface area contributed by atoms with Gasteiger partial charge in [-0.1, -0.05) is 66.7 Å². The molecule has 36 heavy (non-hydrogen) atoms. The van der Waals surface area contributed by atoms with E-state index < -0.39 is 0 Å². The molecule has 170 valence electrons. The lowest BCUT2D eigenvalue weighted by Crippen LogP contribution is -2.44. The van der Waals surface area contributed by atoms with Crippen molar-refractivity contribution in [1.82, 2.24) is 0 Å². The van der Waals surface area contributed by atoms with Crippen molar-refractivity contribution in [2.45, 2.75) is 6.54 Å². The fourth-order valence-electron chi connectivity index (χ4n) is 5.61. The smallest absolute Gasteiger partial charge is 0.215 e. The van der Waals surface area contributed by atoms with Crippen LogP contribution in [0, 0.1) is 0 Å². The molecule has 0 saturated heterocycles. The molecular weight excluding hydrogens is 442 g/mol. The van der Waals surface area contributed by atoms with Crippen LogP contribution < -0.4 is 9.80 Å². The lowest BCUT2D eigenvalue weighted by molar-refractivity contribution is 0.669. The van der Waals surface area contributed by atoms with Gasteiger partial charge >= 0.3 is 0 Å². The van der Waals surface area contributed by atoms with Crippen molar-refractivity contribution in [2.24, 2.45) is 4.99 Å². The zero-order valence-electron chi connectivity index (χ0n) is 19.4. The number of hydrogen-bond donors (Lipinski definition) is 0. The largest absolute Gasteiger partial charge is 0.456 e. The summed E-state index contributed by atoms with van der Waals surface area (Å²) >= 11 is 0. The van der Waals surface area contributed by atoms with Crippen molar-refractivity contribution in [2.75, 3.05) is 9.80 Å². The van der Waals surface area contributed by atoms with Gasteiger partial charge in [-0.15, -0.1) is 0 Å². The number of para-hydroxylation sites is 3. The minimum Gasteiger partial charge on any atom is -0.456 e. The van der Waals surface area contributed by atoms with Crippen molar-refractivity contribution in [3.8, 4) is 0 Å². The molecular formula is C32H21N3O. The first-order chi connectivity index (χ1) is 17.8. The number of guanidine groups is 1. The van der Waals surface area contributed by atoms with Crippen molar-refractivity contribution >= 4 is 61.8 Å². The van der Waals surface area contributed by atoms with E-state index in [1.54, 1.807) is 0 Å². The second-order valence-corrected chi connectivity index (χ2v) is 9.28. The molecule has 4 heteroatoms. The van der Waals surface area contributed by atoms with Gasteiger partial charge < -0.3 is 9.32 Å². The van der Waals surface area contributed by atoms with Gasteiger partial charge in [0.05, 0.1) is 17.9 Å². The first-order valence-corrected chi connectivity index (χ1v) is 12.2. The molecule has 0 fully saturated rings. The third kappa shape index (κ3) is 2.72. The Balaban J connectivity index is 1.39. The van der Waals surface area contributed by atoms with Gasteiger partial charge in [0.25, 0.3) is 0 Å². The minimum absolute atomic E-state index is 0.762. The molecule has 4 nitrogen and oxygen atoms in total. The van der Waals surface area contributed by atoms with Gasteiger partial charge in [0, 0.05) is 28.0 Å². The Hall–Kier alpha value is -4.83. The van der Waals surface area contributed by atoms with Crippen molar-refractivity contribution < 1.29 is 4.42 Å². The molecule has 6 aromatic rings. The van der Waals surface area contributed by atoms with E-state index in [2.05, 4.69) is 113 Å². The highest BCUT2D eigenvalue weighted by Gasteiger charge is 2.29. The van der Waals surface area contributed by atoms with Crippen LogP contribution in [0.3, 0.4) is 0 Å². The molecule has 0 bridgehead atoms. The molecule has 0 saturated carbocycles. The maximum Gasteiger partial charge on any atom is 0.215 e. The van der Waals surface area contributed by atoms with Gasteiger partial charge in [-0.25, -0.2) is 4.99 Å². The number of rotatable bonds is 1. The van der Waals surface area contributed by atoms with E-state index in [1.807, 2.05) is 12.1 Å². The van der Waals surface area contributed by atoms with E-state index >= 15 is 0 Å². The molecule has 0 radical (unpaired) electrons. The Kier molecular flexibility index (Phi) is 3.97. The molecule has 0 atom stereocenters. The maximum absolute atomic E-state index is 6.24. The molecule has 5 aromatic carbocycles. The Morgan fingerprint density at radius 3 is 2.50 bits per heavy atom. The summed E-state index contributed by atoms with van der Waals surface area (Å²) in [5, 5.41) is 4.68. The van der Waals surface area contributed by atoms with E-state index in [4.69, 9.17) is 9.41 Å². The van der Waals surface area contributed by atoms with Crippen LogP contribution in [0.2, 0.25) is 0 Å². The van der Waals surface area contributed by atoms with Gasteiger partial charge in [-0.2, -0.15) is 0 Å². The summed E-state index contributed by atoms with van der Waals surface area (Å²) in [5.74, 6) is 0.895. The Morgan fingerprint density at radius 2 is 1.56 bits per heavy atom. The second-order valence-electron chi connectivity index (χ2n) is 9.28. The summed E-state index contributed by atoms with van der Waals surface area (Å²) in [6.07, 6.45) is 4.37. The van der Waals surface area contributed by atoms with Gasteiger partial charge in [-0.05, 0) is 59.0 Å². The average molecular weight is 464 g/mol. The van der Waals surface area contributed by atoms with Crippen molar-refractivity contribution in [1.29, 1.82) is 0 Å². The molecule has 2 aliphatic rings. The van der Waals surface area contributed by atoms with Crippen molar-refractivity contribution in [3.63, 3.8) is 0 Å². The third-order valence-electron chi connectivity index (χ3n) is 7.24. The Morgan fingerprint density at radius 1 is 0.722 bits per heavy atom. The normalized spacial score (nSPS) is 14.5. The fraction of sp³-hybridized carbons (Fsp3) is 0.0312. The standard InChI is InChI=1S/C32H21N3O/c1-2-11-23(12-3-1)35-20-22-9-4-6-14-26(22)33-32(35)34-18-17-25-30-21(10-8-15-27(30)34)19-29-31(25)24-13-5-7-16-28(24)36-29/h1-19H,20H2. The van der Waals surface area contributed by atoms with Crippen LogP contribution in [0.25, 0.3) is 38.8 Å². The van der Waals surface area contributed by atoms with E-state index in [-0.39, 0.29) is 0 Å². The Bertz CT molecular complexity index is 1880. The Labute approximate surface area is 208 Å². The highest BCUT2D eigenvalue weighted by atomic mass is 16.3. The first-order valence-electron chi connectivity index (χ1n) is 12.2. The van der Waals surface area contributed by atoms with E-state index in [0.717, 1.165) is 56.9 Å². The van der Waals surface area contributed by atoms with Crippen LogP contribution in [0.15, 0.2) is 119 Å². The molecule has 8 rings (SSSR count). The summed E-state index contributed by atoms with van der Waals surface area (Å²) in [5.41, 5.74) is 7.51. The van der Waals surface area contributed by atoms with Gasteiger partial charge in [0.15, 0.2) is 0 Å². The topological polar surface area (TPSA) is 32.0 Å². The number of aliphatic imine (C=N–C) groups is 1. The van der Waals surface area contributed by atoms with Crippen LogP contribution in [0.1, 0.15) is 11.1 Å². The van der Waals surface area contributed by atoms with E-state index in [9.17, 15) is 0 Å². The highest BCUT2D eigenvalue weighted by Crippen LogP contribution is 2.44. The summed E-state index contributed by atoms with van der Waals surface area (Å²) in [6.45, 7) is 0.762. The van der Waals surface area contributed by atoms with E-state index in [1.165, 1.54) is 16.5 Å². The lowest BCUT2D eigenvalue weighted by Gasteiger charge is -2.37. The van der Waals surface area contributed by atoms with Crippen LogP contribution >= 0.6 is 0 Å². The molecule has 0 N–H and O–H groups in total. The zero-order chi connectivity index (χ0) is 23.6. The van der Waals surface area contributed by atoms with E-state index in [0.29, 0.717) is 0 Å². The molecule has 0 aliphatic carbocycles. The highest BCUT2D eigenvalue weighted by molar-refractivity contribution is 6.23. The number of benzene rings is 5. The molecule has 0 amide bonds. The zero-order valence-corrected chi connectivity index (χ0v) is 19.4. The SMILES string of the molecule is C1=CN(C2=Nc3ccccc3CN2c2ccccc2)c2cccc3cc4oc5ccccc5c4c1c23. The summed E-state index contributed by atoms with van der Waals surface area (Å²) in [6, 6.07) is 35.8. The molecule has 0 unspecified atom stereocenters. The molecule has 3 heterocycles. The first kappa shape index (κ1) is 19.5. The van der Waals surface area contributed by atoms with Crippen molar-refractivity contribution in [3.05, 3.63) is 120 Å². The molecule has 1 aromatic heterocycles. The average Bonchev–Trinajstić information content (AvgIpc) is 3.31. The predicted molar refractivity (Wildman–Crippen MR) is 149 cm³/mol. The van der Waals surface area contributed by atoms with Crippen LogP contribution in [0.4, 0.5) is 17.1 Å². The number of nitrogens with zero attached hydrogens (tertiary/aromatic N) is 3. The summed E-state index contributed by atoms with van der Waals surface area (Å²) < 4.78 is 6.24. The summed E-state index contributed by atoms with van der Waals surface area (Å²) in [7, 11) is 0. The van der Waals surface area contributed by atoms with Gasteiger partial charge in [0.1, 0.15) is 11.2 Å². The second kappa shape index (κ2) is 7.33. The number of hydrogen-bond acceptors (Lipinski definition) is 4. The maximum atomic E-state index is 6.24. The lowest BCUT2D eigenvalue weighted by atomic mass is 9.95. The number of anilines is 2. The minimum atomic E-state index is 0.762. The number of furan rings is 1. The quantitative estimate of drug-likeness (QED) is 0.246. The molecule has 2 aliphatic heterocycles. The predicted octanol–water partition coefficient (Wildman–Crippen LogP) is 8.24. The molecule has 0 spiro atoms. The van der Waals surface area contributed by atoms with Gasteiger partial charge in [0.2, 0.25) is 5.96 Å². The number of fused-ring (bicyclic) bond motifs is 5.